The monoisotopic (exact) mass is 646 g/mol. The second kappa shape index (κ2) is 12.2. The normalized spacial score (nSPS) is 18.4. The maximum absolute atomic E-state index is 14.0. The lowest BCUT2D eigenvalue weighted by Crippen LogP contribution is -2.29. The van der Waals surface area contributed by atoms with Crippen molar-refractivity contribution < 1.29 is 28.9 Å². The number of nitrogens with zero attached hydrogens (tertiary/aromatic N) is 2. The number of fused-ring (bicyclic) bond motifs is 2. The maximum atomic E-state index is 14.0. The van der Waals surface area contributed by atoms with Crippen LogP contribution in [0.25, 0.3) is 16.0 Å². The molecule has 1 amide bonds. The van der Waals surface area contributed by atoms with Crippen molar-refractivity contribution in [1.82, 2.24) is 4.98 Å². The van der Waals surface area contributed by atoms with E-state index in [-0.39, 0.29) is 17.4 Å². The minimum Gasteiger partial charge on any atom is -0.507 e. The van der Waals surface area contributed by atoms with Gasteiger partial charge < -0.3 is 19.3 Å². The Morgan fingerprint density at radius 2 is 1.81 bits per heavy atom. The third-order valence-corrected chi connectivity index (χ3v) is 9.46. The number of aromatic nitrogens is 1. The predicted molar refractivity (Wildman–Crippen MR) is 182 cm³/mol. The van der Waals surface area contributed by atoms with Crippen LogP contribution in [0, 0.1) is 13.8 Å². The minimum atomic E-state index is -0.970. The van der Waals surface area contributed by atoms with E-state index in [0.717, 1.165) is 38.2 Å². The molecule has 0 bridgehead atoms. The highest BCUT2D eigenvalue weighted by Crippen LogP contribution is 2.46. The Hall–Kier alpha value is -5.15. The average molecular weight is 647 g/mol. The maximum Gasteiger partial charge on any atom is 0.301 e. The van der Waals surface area contributed by atoms with Crippen LogP contribution in [0.4, 0.5) is 5.13 Å². The molecule has 0 radical (unpaired) electrons. The molecule has 4 aromatic carbocycles. The van der Waals surface area contributed by atoms with Gasteiger partial charge in [-0.3, -0.25) is 14.5 Å². The number of ether oxygens (including phenoxy) is 3. The fraction of sp³-hybridized carbons (Fsp3) is 0.237. The van der Waals surface area contributed by atoms with Crippen LogP contribution in [-0.2, 0) is 22.6 Å². The van der Waals surface area contributed by atoms with Gasteiger partial charge in [-0.05, 0) is 91.9 Å². The van der Waals surface area contributed by atoms with Crippen LogP contribution < -0.4 is 19.1 Å². The van der Waals surface area contributed by atoms with Crippen LogP contribution in [-0.4, -0.2) is 34.5 Å². The van der Waals surface area contributed by atoms with Crippen molar-refractivity contribution in [3.05, 3.63) is 118 Å². The van der Waals surface area contributed by atoms with Crippen molar-refractivity contribution in [2.24, 2.45) is 0 Å². The van der Waals surface area contributed by atoms with Crippen LogP contribution in [0.2, 0.25) is 0 Å². The summed E-state index contributed by atoms with van der Waals surface area (Å²) < 4.78 is 18.9. The molecule has 1 aromatic heterocycles. The molecule has 238 valence electrons. The summed E-state index contributed by atoms with van der Waals surface area (Å²) in [6.45, 7) is 8.56. The molecule has 0 aliphatic carbocycles. The lowest BCUT2D eigenvalue weighted by atomic mass is 9.94. The molecule has 2 aliphatic heterocycles. The van der Waals surface area contributed by atoms with Crippen LogP contribution in [0.3, 0.4) is 0 Å². The number of aliphatic hydroxyl groups excluding tert-OH is 1. The first kappa shape index (κ1) is 30.5. The van der Waals surface area contributed by atoms with Gasteiger partial charge in [-0.15, -0.1) is 0 Å². The van der Waals surface area contributed by atoms with E-state index in [4.69, 9.17) is 19.2 Å². The molecule has 1 saturated heterocycles. The van der Waals surface area contributed by atoms with Crippen LogP contribution in [0.5, 0.6) is 17.2 Å². The molecule has 0 unspecified atom stereocenters. The molecular formula is C38H34N2O6S. The number of aliphatic hydroxyl groups is 1. The van der Waals surface area contributed by atoms with Gasteiger partial charge >= 0.3 is 5.91 Å². The SMILES string of the molecule is CCOc1cc([C@H]2/C(=C(\O)c3ccc4c(c3)C[C@H](C)O4)C(=O)C(=O)N2c2nc3c(C)cc(C)cc3s2)ccc1OCc1ccccc1. The molecule has 9 heteroatoms. The number of carbonyl (C=O) groups excluding carboxylic acids is 2. The summed E-state index contributed by atoms with van der Waals surface area (Å²) in [5.41, 5.74) is 5.75. The number of rotatable bonds is 8. The van der Waals surface area contributed by atoms with Gasteiger partial charge in [-0.25, -0.2) is 4.98 Å². The number of hydrogen-bond acceptors (Lipinski definition) is 8. The van der Waals surface area contributed by atoms with Crippen LogP contribution in [0.1, 0.15) is 53.3 Å². The standard InChI is InChI=1S/C38H34N2O6S/c1-5-44-30-19-25(11-14-29(30)45-20-24-9-7-6-8-10-24)34-32(35(41)26-12-13-28-27(18-26)17-23(4)46-28)36(42)37(43)40(34)38-39-33-22(3)15-21(2)16-31(33)47-38/h6-16,18-19,23,34,41H,5,17,20H2,1-4H3/b35-32+/t23-,34-/m0/s1. The molecule has 47 heavy (non-hydrogen) atoms. The summed E-state index contributed by atoms with van der Waals surface area (Å²) in [7, 11) is 0. The number of thiazole rings is 1. The number of hydrogen-bond donors (Lipinski definition) is 1. The van der Waals surface area contributed by atoms with E-state index in [2.05, 4.69) is 0 Å². The lowest BCUT2D eigenvalue weighted by Gasteiger charge is -2.24. The van der Waals surface area contributed by atoms with Gasteiger partial charge in [0.15, 0.2) is 16.6 Å². The Morgan fingerprint density at radius 3 is 2.60 bits per heavy atom. The topological polar surface area (TPSA) is 98.2 Å². The quantitative estimate of drug-likeness (QED) is 0.104. The third-order valence-electron chi connectivity index (χ3n) is 8.46. The Kier molecular flexibility index (Phi) is 7.93. The largest absolute Gasteiger partial charge is 0.507 e. The highest BCUT2D eigenvalue weighted by atomic mass is 32.1. The third kappa shape index (κ3) is 5.61. The number of benzene rings is 4. The molecule has 1 N–H and O–H groups in total. The van der Waals surface area contributed by atoms with Crippen molar-refractivity contribution in [2.75, 3.05) is 11.5 Å². The zero-order chi connectivity index (χ0) is 32.8. The van der Waals surface area contributed by atoms with Crippen molar-refractivity contribution in [3.8, 4) is 17.2 Å². The predicted octanol–water partition coefficient (Wildman–Crippen LogP) is 7.84. The Balaban J connectivity index is 1.37. The number of amides is 1. The molecule has 0 spiro atoms. The summed E-state index contributed by atoms with van der Waals surface area (Å²) >= 11 is 1.34. The van der Waals surface area contributed by atoms with Gasteiger partial charge in [-0.1, -0.05) is 53.8 Å². The summed E-state index contributed by atoms with van der Waals surface area (Å²) in [6.07, 6.45) is 0.694. The summed E-state index contributed by atoms with van der Waals surface area (Å²) in [5, 5.41) is 12.2. The van der Waals surface area contributed by atoms with Gasteiger partial charge in [0.25, 0.3) is 5.78 Å². The molecule has 2 aliphatic rings. The molecular weight excluding hydrogens is 612 g/mol. The second-order valence-corrected chi connectivity index (χ2v) is 13.0. The van der Waals surface area contributed by atoms with Gasteiger partial charge in [0.2, 0.25) is 0 Å². The van der Waals surface area contributed by atoms with Crippen LogP contribution in [0.15, 0.2) is 84.4 Å². The molecule has 7 rings (SSSR count). The van der Waals surface area contributed by atoms with Crippen molar-refractivity contribution in [1.29, 1.82) is 0 Å². The van der Waals surface area contributed by atoms with E-state index >= 15 is 0 Å². The molecule has 0 saturated carbocycles. The van der Waals surface area contributed by atoms with Gasteiger partial charge in [-0.2, -0.15) is 0 Å². The summed E-state index contributed by atoms with van der Waals surface area (Å²) in [4.78, 5) is 34.1. The molecule has 8 nitrogen and oxygen atoms in total. The molecule has 1 fully saturated rings. The zero-order valence-corrected chi connectivity index (χ0v) is 27.4. The van der Waals surface area contributed by atoms with Gasteiger partial charge in [0.1, 0.15) is 24.2 Å². The second-order valence-electron chi connectivity index (χ2n) is 12.0. The summed E-state index contributed by atoms with van der Waals surface area (Å²) in [6, 6.07) is 23.6. The smallest absolute Gasteiger partial charge is 0.301 e. The summed E-state index contributed by atoms with van der Waals surface area (Å²) in [5.74, 6) is -0.0638. The Morgan fingerprint density at radius 1 is 1.00 bits per heavy atom. The van der Waals surface area contributed by atoms with E-state index in [1.54, 1.807) is 30.3 Å². The lowest BCUT2D eigenvalue weighted by molar-refractivity contribution is -0.132. The van der Waals surface area contributed by atoms with Crippen LogP contribution >= 0.6 is 11.3 Å². The zero-order valence-electron chi connectivity index (χ0n) is 26.6. The number of carbonyl (C=O) groups is 2. The number of Topliss-reactive ketones (excluding diaryl/α,β-unsaturated/α-hetero) is 1. The highest BCUT2D eigenvalue weighted by molar-refractivity contribution is 7.22. The number of aryl methyl sites for hydroxylation is 2. The molecule has 3 heterocycles. The molecule has 2 atom stereocenters. The van der Waals surface area contributed by atoms with Gasteiger partial charge in [0, 0.05) is 12.0 Å². The first-order chi connectivity index (χ1) is 22.7. The Bertz CT molecular complexity index is 2070. The van der Waals surface area contributed by atoms with Crippen molar-refractivity contribution in [3.63, 3.8) is 0 Å². The van der Waals surface area contributed by atoms with E-state index in [1.165, 1.54) is 16.2 Å². The van der Waals surface area contributed by atoms with E-state index < -0.39 is 17.7 Å². The van der Waals surface area contributed by atoms with E-state index in [9.17, 15) is 14.7 Å². The van der Waals surface area contributed by atoms with E-state index in [1.807, 2.05) is 76.2 Å². The minimum absolute atomic E-state index is 0.0127. The fourth-order valence-corrected chi connectivity index (χ4v) is 7.52. The first-order valence-corrected chi connectivity index (χ1v) is 16.5. The molecule has 5 aromatic rings. The Labute approximate surface area is 276 Å². The van der Waals surface area contributed by atoms with Crippen molar-refractivity contribution >= 4 is 44.1 Å². The number of anilines is 1. The first-order valence-electron chi connectivity index (χ1n) is 15.6. The highest BCUT2D eigenvalue weighted by Gasteiger charge is 2.48. The fourth-order valence-electron chi connectivity index (χ4n) is 6.35. The average Bonchev–Trinajstić information content (AvgIpc) is 3.73. The number of ketones is 1. The van der Waals surface area contributed by atoms with Crippen molar-refractivity contribution in [2.45, 2.75) is 52.9 Å². The van der Waals surface area contributed by atoms with Gasteiger partial charge in [0.05, 0.1) is 28.4 Å². The van der Waals surface area contributed by atoms with E-state index in [0.29, 0.717) is 47.4 Å².